The molecule has 0 unspecified atom stereocenters. The summed E-state index contributed by atoms with van der Waals surface area (Å²) in [7, 11) is 0. The molecule has 3 aromatic rings. The second-order valence-electron chi connectivity index (χ2n) is 9.38. The van der Waals surface area contributed by atoms with E-state index in [1.54, 1.807) is 18.2 Å². The van der Waals surface area contributed by atoms with Gasteiger partial charge in [-0.05, 0) is 74.0 Å². The molecule has 0 aliphatic heterocycles. The van der Waals surface area contributed by atoms with E-state index in [2.05, 4.69) is 10.3 Å². The number of nitrogens with one attached hydrogen (secondary N) is 2. The maximum absolute atomic E-state index is 12.0. The Morgan fingerprint density at radius 3 is 2.53 bits per heavy atom. The number of H-pyrrole nitrogens is 1. The molecule has 0 radical (unpaired) electrons. The predicted octanol–water partition coefficient (Wildman–Crippen LogP) is 2.95. The summed E-state index contributed by atoms with van der Waals surface area (Å²) in [6.07, 6.45) is 7.65. The van der Waals surface area contributed by atoms with Crippen LogP contribution in [0.1, 0.15) is 61.3 Å². The van der Waals surface area contributed by atoms with E-state index in [1.807, 2.05) is 18.2 Å². The molecular weight excluding hydrogens is 486 g/mol. The van der Waals surface area contributed by atoms with Crippen molar-refractivity contribution in [1.82, 2.24) is 14.9 Å². The van der Waals surface area contributed by atoms with Gasteiger partial charge in [-0.1, -0.05) is 31.0 Å². The van der Waals surface area contributed by atoms with Gasteiger partial charge in [0, 0.05) is 37.6 Å². The van der Waals surface area contributed by atoms with Gasteiger partial charge in [0.15, 0.2) is 0 Å². The minimum Gasteiger partial charge on any atom is -0.508 e. The van der Waals surface area contributed by atoms with Crippen LogP contribution in [0.25, 0.3) is 5.69 Å². The van der Waals surface area contributed by atoms with Crippen molar-refractivity contribution in [1.29, 1.82) is 0 Å². The van der Waals surface area contributed by atoms with Crippen molar-refractivity contribution in [2.45, 2.75) is 57.7 Å². The maximum atomic E-state index is 12.0. The Bertz CT molecular complexity index is 1210. The summed E-state index contributed by atoms with van der Waals surface area (Å²) in [6.45, 7) is 2.44. The SMILES string of the molecule is O=c1cc[nH]c(=O)n1-c1cccc(CCCCOCCCCCCNC[C@@H](O)c2ccc(O)c(CO)c2)c1. The summed E-state index contributed by atoms with van der Waals surface area (Å²) in [6, 6.07) is 13.6. The monoisotopic (exact) mass is 525 g/mol. The number of aromatic hydroxyl groups is 1. The summed E-state index contributed by atoms with van der Waals surface area (Å²) < 4.78 is 6.89. The van der Waals surface area contributed by atoms with Gasteiger partial charge in [-0.15, -0.1) is 0 Å². The number of phenols is 1. The molecule has 1 aromatic heterocycles. The fourth-order valence-electron chi connectivity index (χ4n) is 4.26. The van der Waals surface area contributed by atoms with E-state index >= 15 is 0 Å². The first-order valence-electron chi connectivity index (χ1n) is 13.3. The Morgan fingerprint density at radius 2 is 1.74 bits per heavy atom. The molecule has 0 amide bonds. The number of nitrogens with zero attached hydrogens (tertiary/aromatic N) is 1. The van der Waals surface area contributed by atoms with Gasteiger partial charge in [-0.3, -0.25) is 4.79 Å². The molecule has 206 valence electrons. The number of aryl methyl sites for hydroxylation is 1. The Labute approximate surface area is 222 Å². The zero-order valence-electron chi connectivity index (χ0n) is 21.8. The van der Waals surface area contributed by atoms with Gasteiger partial charge in [0.1, 0.15) is 5.75 Å². The third-order valence-electron chi connectivity index (χ3n) is 6.42. The summed E-state index contributed by atoms with van der Waals surface area (Å²) in [5.74, 6) is 0.0323. The van der Waals surface area contributed by atoms with Crippen LogP contribution in [-0.2, 0) is 17.8 Å². The maximum Gasteiger partial charge on any atom is 0.332 e. The smallest absolute Gasteiger partial charge is 0.332 e. The molecule has 1 atom stereocenters. The van der Waals surface area contributed by atoms with E-state index in [9.17, 15) is 24.9 Å². The molecule has 5 N–H and O–H groups in total. The number of hydrogen-bond donors (Lipinski definition) is 5. The van der Waals surface area contributed by atoms with Crippen molar-refractivity contribution >= 4 is 0 Å². The molecule has 2 aromatic carbocycles. The Hall–Kier alpha value is -3.24. The van der Waals surface area contributed by atoms with Gasteiger partial charge < -0.3 is 30.4 Å². The number of rotatable bonds is 17. The molecule has 0 aliphatic carbocycles. The lowest BCUT2D eigenvalue weighted by Gasteiger charge is -2.14. The number of unbranched alkanes of at least 4 members (excludes halogenated alkanes) is 4. The van der Waals surface area contributed by atoms with Crippen LogP contribution >= 0.6 is 0 Å². The molecule has 9 nitrogen and oxygen atoms in total. The van der Waals surface area contributed by atoms with Crippen LogP contribution < -0.4 is 16.6 Å². The van der Waals surface area contributed by atoms with E-state index in [0.29, 0.717) is 30.0 Å². The van der Waals surface area contributed by atoms with E-state index in [0.717, 1.165) is 68.2 Å². The molecule has 0 saturated heterocycles. The van der Waals surface area contributed by atoms with E-state index in [-0.39, 0.29) is 17.9 Å². The van der Waals surface area contributed by atoms with Gasteiger partial charge in [-0.25, -0.2) is 9.36 Å². The molecular formula is C29H39N3O6. The number of aliphatic hydroxyl groups excluding tert-OH is 2. The van der Waals surface area contributed by atoms with Crippen LogP contribution in [0.15, 0.2) is 64.3 Å². The second kappa shape index (κ2) is 15.9. The Morgan fingerprint density at radius 1 is 0.947 bits per heavy atom. The van der Waals surface area contributed by atoms with Crippen LogP contribution in [0.2, 0.25) is 0 Å². The highest BCUT2D eigenvalue weighted by Crippen LogP contribution is 2.22. The number of ether oxygens (including phenoxy) is 1. The third-order valence-corrected chi connectivity index (χ3v) is 6.42. The van der Waals surface area contributed by atoms with Gasteiger partial charge in [0.2, 0.25) is 0 Å². The number of hydrogen-bond acceptors (Lipinski definition) is 7. The summed E-state index contributed by atoms with van der Waals surface area (Å²) in [5, 5.41) is 32.4. The molecule has 1 heterocycles. The van der Waals surface area contributed by atoms with Crippen LogP contribution in [0.3, 0.4) is 0 Å². The van der Waals surface area contributed by atoms with Gasteiger partial charge in [0.05, 0.1) is 18.4 Å². The van der Waals surface area contributed by atoms with E-state index in [4.69, 9.17) is 4.74 Å². The van der Waals surface area contributed by atoms with Crippen LogP contribution in [0, 0.1) is 0 Å². The molecule has 0 fully saturated rings. The zero-order chi connectivity index (χ0) is 27.2. The second-order valence-corrected chi connectivity index (χ2v) is 9.38. The first-order chi connectivity index (χ1) is 18.5. The zero-order valence-corrected chi connectivity index (χ0v) is 21.8. The van der Waals surface area contributed by atoms with Gasteiger partial charge in [-0.2, -0.15) is 0 Å². The van der Waals surface area contributed by atoms with Crippen molar-refractivity contribution in [3.8, 4) is 11.4 Å². The lowest BCUT2D eigenvalue weighted by Crippen LogP contribution is -2.32. The number of aromatic nitrogens is 2. The topological polar surface area (TPSA) is 137 Å². The molecule has 9 heteroatoms. The standard InChI is InChI=1S/C29H39N3O6/c33-21-24-19-23(11-12-26(24)34)27(35)20-30-14-4-1-2-5-16-38-17-6-3-8-22-9-7-10-25(18-22)32-28(36)13-15-31-29(32)37/h7,9-13,15,18-19,27,30,33-35H,1-6,8,14,16-17,20-21H2,(H,31,37)/t27-/m1/s1. The van der Waals surface area contributed by atoms with E-state index in [1.165, 1.54) is 18.3 Å². The van der Waals surface area contributed by atoms with Crippen molar-refractivity contribution in [2.24, 2.45) is 0 Å². The lowest BCUT2D eigenvalue weighted by molar-refractivity contribution is 0.126. The number of benzene rings is 2. The van der Waals surface area contributed by atoms with Crippen molar-refractivity contribution in [3.63, 3.8) is 0 Å². The highest BCUT2D eigenvalue weighted by molar-refractivity contribution is 5.37. The third kappa shape index (κ3) is 9.25. The highest BCUT2D eigenvalue weighted by atomic mass is 16.5. The summed E-state index contributed by atoms with van der Waals surface area (Å²) in [5.41, 5.74) is 1.95. The normalized spacial score (nSPS) is 12.1. The quantitative estimate of drug-likeness (QED) is 0.171. The van der Waals surface area contributed by atoms with Crippen molar-refractivity contribution in [3.05, 3.63) is 92.3 Å². The average molecular weight is 526 g/mol. The molecule has 38 heavy (non-hydrogen) atoms. The minimum atomic E-state index is -0.684. The predicted molar refractivity (Wildman–Crippen MR) is 147 cm³/mol. The van der Waals surface area contributed by atoms with Gasteiger partial charge in [0.25, 0.3) is 5.56 Å². The minimum absolute atomic E-state index is 0.0323. The Balaban J connectivity index is 1.19. The number of aliphatic hydroxyl groups is 2. The molecule has 3 rings (SSSR count). The highest BCUT2D eigenvalue weighted by Gasteiger charge is 2.10. The first-order valence-corrected chi connectivity index (χ1v) is 13.3. The fourth-order valence-corrected chi connectivity index (χ4v) is 4.26. The van der Waals surface area contributed by atoms with Crippen LogP contribution in [0.4, 0.5) is 0 Å². The van der Waals surface area contributed by atoms with Gasteiger partial charge >= 0.3 is 5.69 Å². The molecule has 0 aliphatic rings. The summed E-state index contributed by atoms with van der Waals surface area (Å²) in [4.78, 5) is 26.5. The molecule has 0 spiro atoms. The largest absolute Gasteiger partial charge is 0.508 e. The lowest BCUT2D eigenvalue weighted by atomic mass is 10.1. The molecule has 0 saturated carbocycles. The molecule has 0 bridgehead atoms. The summed E-state index contributed by atoms with van der Waals surface area (Å²) >= 11 is 0. The van der Waals surface area contributed by atoms with Crippen LogP contribution in [-0.4, -0.2) is 51.2 Å². The fraction of sp³-hybridized carbons (Fsp3) is 0.448. The van der Waals surface area contributed by atoms with Crippen molar-refractivity contribution in [2.75, 3.05) is 26.3 Å². The first kappa shape index (κ1) is 29.3. The number of aromatic amines is 1. The van der Waals surface area contributed by atoms with E-state index < -0.39 is 11.8 Å². The van der Waals surface area contributed by atoms with Crippen molar-refractivity contribution < 1.29 is 20.1 Å². The average Bonchev–Trinajstić information content (AvgIpc) is 2.91. The van der Waals surface area contributed by atoms with Crippen LogP contribution in [0.5, 0.6) is 5.75 Å². The Kier molecular flexibility index (Phi) is 12.3.